The average Bonchev–Trinajstić information content (AvgIpc) is 2.54. The normalized spacial score (nSPS) is 10.1. The largest absolute Gasteiger partial charge is 0.265 e. The van der Waals surface area contributed by atoms with Crippen molar-refractivity contribution in [1.82, 2.24) is 9.97 Å². The zero-order chi connectivity index (χ0) is 8.39. The van der Waals surface area contributed by atoms with E-state index in [1.807, 2.05) is 18.3 Å². The Morgan fingerprint density at radius 3 is 2.58 bits per heavy atom. The predicted octanol–water partition coefficient (Wildman–Crippen LogP) is 2.97. The van der Waals surface area contributed by atoms with Gasteiger partial charge in [-0.15, -0.1) is 11.3 Å². The lowest BCUT2D eigenvalue weighted by Gasteiger charge is -1.91. The van der Waals surface area contributed by atoms with Crippen LogP contribution >= 0.6 is 27.3 Å². The van der Waals surface area contributed by atoms with E-state index in [0.29, 0.717) is 0 Å². The summed E-state index contributed by atoms with van der Waals surface area (Å²) in [6, 6.07) is 3.94. The molecule has 0 aromatic carbocycles. The fourth-order valence-electron chi connectivity index (χ4n) is 0.902. The summed E-state index contributed by atoms with van der Waals surface area (Å²) in [6.45, 7) is 0. The molecule has 2 aromatic heterocycles. The summed E-state index contributed by atoms with van der Waals surface area (Å²) in [5, 5.41) is 0. The molecule has 2 nitrogen and oxygen atoms in total. The molecule has 0 aliphatic rings. The topological polar surface area (TPSA) is 25.8 Å². The Bertz CT molecular complexity index is 372. The molecular formula is C8H5BrN2S. The van der Waals surface area contributed by atoms with Gasteiger partial charge >= 0.3 is 0 Å². The molecule has 60 valence electrons. The second-order valence-electron chi connectivity index (χ2n) is 2.21. The van der Waals surface area contributed by atoms with Crippen molar-refractivity contribution in [3.63, 3.8) is 0 Å². The molecule has 0 atom stereocenters. The minimum Gasteiger partial charge on any atom is -0.265 e. The SMILES string of the molecule is Brc1ncc(-c2ccncc2)s1. The molecule has 0 saturated heterocycles. The van der Waals surface area contributed by atoms with E-state index >= 15 is 0 Å². The van der Waals surface area contributed by atoms with Crippen molar-refractivity contribution in [1.29, 1.82) is 0 Å². The summed E-state index contributed by atoms with van der Waals surface area (Å²) >= 11 is 4.94. The summed E-state index contributed by atoms with van der Waals surface area (Å²) in [6.07, 6.45) is 5.41. The Morgan fingerprint density at radius 1 is 1.25 bits per heavy atom. The third-order valence-corrected chi connectivity index (χ3v) is 2.97. The van der Waals surface area contributed by atoms with Gasteiger partial charge in [0.05, 0.1) is 4.88 Å². The second-order valence-corrected chi connectivity index (χ2v) is 4.52. The fourth-order valence-corrected chi connectivity index (χ4v) is 2.17. The maximum absolute atomic E-state index is 4.11. The third-order valence-electron chi connectivity index (χ3n) is 1.44. The summed E-state index contributed by atoms with van der Waals surface area (Å²) in [4.78, 5) is 9.21. The quantitative estimate of drug-likeness (QED) is 0.767. The molecule has 0 saturated carbocycles. The maximum atomic E-state index is 4.11. The number of hydrogen-bond donors (Lipinski definition) is 0. The highest BCUT2D eigenvalue weighted by Crippen LogP contribution is 2.27. The number of aromatic nitrogens is 2. The van der Waals surface area contributed by atoms with E-state index in [9.17, 15) is 0 Å². The molecule has 12 heavy (non-hydrogen) atoms. The standard InChI is InChI=1S/C8H5BrN2S/c9-8-11-5-7(12-8)6-1-3-10-4-2-6/h1-5H. The van der Waals surface area contributed by atoms with Crippen LogP contribution in [-0.4, -0.2) is 9.97 Å². The van der Waals surface area contributed by atoms with E-state index in [4.69, 9.17) is 0 Å². The van der Waals surface area contributed by atoms with Crippen molar-refractivity contribution in [2.24, 2.45) is 0 Å². The van der Waals surface area contributed by atoms with Gasteiger partial charge in [-0.05, 0) is 33.6 Å². The lowest BCUT2D eigenvalue weighted by atomic mass is 10.2. The lowest BCUT2D eigenvalue weighted by molar-refractivity contribution is 1.33. The first-order valence-corrected chi connectivity index (χ1v) is 4.99. The molecule has 0 amide bonds. The summed E-state index contributed by atoms with van der Waals surface area (Å²) < 4.78 is 0.911. The van der Waals surface area contributed by atoms with Crippen LogP contribution in [0, 0.1) is 0 Å². The van der Waals surface area contributed by atoms with Gasteiger partial charge in [-0.2, -0.15) is 0 Å². The minimum absolute atomic E-state index is 0.911. The van der Waals surface area contributed by atoms with E-state index in [1.165, 1.54) is 0 Å². The molecule has 2 heterocycles. The predicted molar refractivity (Wildman–Crippen MR) is 53.0 cm³/mol. The van der Waals surface area contributed by atoms with Crippen LogP contribution in [0.1, 0.15) is 0 Å². The van der Waals surface area contributed by atoms with Gasteiger partial charge in [0.25, 0.3) is 0 Å². The number of halogens is 1. The highest BCUT2D eigenvalue weighted by Gasteiger charge is 2.00. The summed E-state index contributed by atoms with van der Waals surface area (Å²) in [5.41, 5.74) is 1.16. The van der Waals surface area contributed by atoms with Gasteiger partial charge in [0.2, 0.25) is 0 Å². The van der Waals surface area contributed by atoms with Crippen LogP contribution in [0.2, 0.25) is 0 Å². The van der Waals surface area contributed by atoms with Gasteiger partial charge in [0.15, 0.2) is 3.92 Å². The maximum Gasteiger partial charge on any atom is 0.159 e. The molecule has 0 aliphatic heterocycles. The first-order chi connectivity index (χ1) is 5.86. The molecule has 0 aliphatic carbocycles. The van der Waals surface area contributed by atoms with Gasteiger partial charge < -0.3 is 0 Å². The molecule has 2 aromatic rings. The van der Waals surface area contributed by atoms with Gasteiger partial charge in [-0.25, -0.2) is 4.98 Å². The third kappa shape index (κ3) is 1.54. The van der Waals surface area contributed by atoms with Crippen LogP contribution in [0.5, 0.6) is 0 Å². The monoisotopic (exact) mass is 240 g/mol. The molecule has 2 rings (SSSR count). The summed E-state index contributed by atoms with van der Waals surface area (Å²) in [5.74, 6) is 0. The van der Waals surface area contributed by atoms with Gasteiger partial charge in [0.1, 0.15) is 0 Å². The Hall–Kier alpha value is -0.740. The smallest absolute Gasteiger partial charge is 0.159 e. The van der Waals surface area contributed by atoms with Crippen molar-refractivity contribution >= 4 is 27.3 Å². The first-order valence-electron chi connectivity index (χ1n) is 3.38. The second kappa shape index (κ2) is 3.33. The van der Waals surface area contributed by atoms with Gasteiger partial charge in [-0.1, -0.05) is 0 Å². The fraction of sp³-hybridized carbons (Fsp3) is 0. The zero-order valence-electron chi connectivity index (χ0n) is 6.07. The van der Waals surface area contributed by atoms with Crippen molar-refractivity contribution in [2.45, 2.75) is 0 Å². The van der Waals surface area contributed by atoms with Crippen molar-refractivity contribution < 1.29 is 0 Å². The molecule has 0 unspecified atom stereocenters. The van der Waals surface area contributed by atoms with Crippen molar-refractivity contribution in [2.75, 3.05) is 0 Å². The van der Waals surface area contributed by atoms with E-state index in [1.54, 1.807) is 23.7 Å². The number of hydrogen-bond acceptors (Lipinski definition) is 3. The summed E-state index contributed by atoms with van der Waals surface area (Å²) in [7, 11) is 0. The van der Waals surface area contributed by atoms with Crippen LogP contribution in [0.15, 0.2) is 34.6 Å². The Kier molecular flexibility index (Phi) is 2.19. The number of nitrogens with zero attached hydrogens (tertiary/aromatic N) is 2. The van der Waals surface area contributed by atoms with Gasteiger partial charge in [0, 0.05) is 18.6 Å². The van der Waals surface area contributed by atoms with Gasteiger partial charge in [-0.3, -0.25) is 4.98 Å². The van der Waals surface area contributed by atoms with Crippen LogP contribution in [0.25, 0.3) is 10.4 Å². The van der Waals surface area contributed by atoms with Crippen LogP contribution in [-0.2, 0) is 0 Å². The molecular weight excluding hydrogens is 236 g/mol. The number of rotatable bonds is 1. The van der Waals surface area contributed by atoms with Crippen molar-refractivity contribution in [3.05, 3.63) is 34.6 Å². The van der Waals surface area contributed by atoms with E-state index in [2.05, 4.69) is 25.9 Å². The number of thiazole rings is 1. The van der Waals surface area contributed by atoms with Crippen LogP contribution in [0.4, 0.5) is 0 Å². The molecule has 0 radical (unpaired) electrons. The van der Waals surface area contributed by atoms with E-state index in [-0.39, 0.29) is 0 Å². The zero-order valence-corrected chi connectivity index (χ0v) is 8.47. The molecule has 0 N–H and O–H groups in total. The number of pyridine rings is 1. The van der Waals surface area contributed by atoms with Crippen LogP contribution in [0.3, 0.4) is 0 Å². The molecule has 4 heteroatoms. The highest BCUT2D eigenvalue weighted by atomic mass is 79.9. The van der Waals surface area contributed by atoms with E-state index < -0.39 is 0 Å². The highest BCUT2D eigenvalue weighted by molar-refractivity contribution is 9.11. The van der Waals surface area contributed by atoms with Crippen molar-refractivity contribution in [3.8, 4) is 10.4 Å². The molecule has 0 spiro atoms. The van der Waals surface area contributed by atoms with E-state index in [0.717, 1.165) is 14.4 Å². The Morgan fingerprint density at radius 2 is 2.00 bits per heavy atom. The minimum atomic E-state index is 0.911. The Labute approximate surface area is 82.4 Å². The first kappa shape index (κ1) is 7.89. The van der Waals surface area contributed by atoms with Crippen LogP contribution < -0.4 is 0 Å². The molecule has 0 bridgehead atoms. The lowest BCUT2D eigenvalue weighted by Crippen LogP contribution is -1.71. The average molecular weight is 241 g/mol. The molecule has 0 fully saturated rings. The Balaban J connectivity index is 2.45.